The van der Waals surface area contributed by atoms with E-state index in [1.807, 2.05) is 0 Å². The highest BCUT2D eigenvalue weighted by atomic mass is 32.1. The van der Waals surface area contributed by atoms with Crippen molar-refractivity contribution >= 4 is 28.9 Å². The quantitative estimate of drug-likeness (QED) is 0.405. The smallest absolute Gasteiger partial charge is 0.406 e. The predicted molar refractivity (Wildman–Crippen MR) is 119 cm³/mol. The summed E-state index contributed by atoms with van der Waals surface area (Å²) in [5.41, 5.74) is 0.439. The molecule has 3 fully saturated rings. The van der Waals surface area contributed by atoms with E-state index < -0.39 is 36.6 Å². The number of amides is 1. The standard InChI is InChI=1S/C21H27F3N4O5S/c22-21(23,24)33-13-3-1-12(2-4-13)28-17-14(11-15(29)18(30)16(17)26-20(28)34)19(31)25-5-6-27-7-9-32-10-8-27/h1-4,14-18,29-30H,5-11H2,(H,25,31)(H,26,34). The first-order valence-electron chi connectivity index (χ1n) is 11.0. The fourth-order valence-electron chi connectivity index (χ4n) is 4.74. The summed E-state index contributed by atoms with van der Waals surface area (Å²) in [6.45, 7) is 3.93. The van der Waals surface area contributed by atoms with Crippen molar-refractivity contribution in [3.05, 3.63) is 24.3 Å². The number of anilines is 1. The average molecular weight is 505 g/mol. The van der Waals surface area contributed by atoms with Crippen molar-refractivity contribution in [2.45, 2.75) is 37.1 Å². The maximum atomic E-state index is 13.1. The van der Waals surface area contributed by atoms with Gasteiger partial charge in [0.15, 0.2) is 5.11 Å². The third-order valence-electron chi connectivity index (χ3n) is 6.36. The molecule has 9 nitrogen and oxygen atoms in total. The minimum atomic E-state index is -4.81. The van der Waals surface area contributed by atoms with E-state index in [1.165, 1.54) is 12.1 Å². The van der Waals surface area contributed by atoms with Crippen LogP contribution in [-0.2, 0) is 9.53 Å². The van der Waals surface area contributed by atoms with Gasteiger partial charge in [-0.2, -0.15) is 0 Å². The number of hydrogen-bond donors (Lipinski definition) is 4. The summed E-state index contributed by atoms with van der Waals surface area (Å²) in [4.78, 5) is 16.9. The molecule has 1 aliphatic carbocycles. The first-order valence-corrected chi connectivity index (χ1v) is 11.4. The van der Waals surface area contributed by atoms with Crippen molar-refractivity contribution in [2.75, 3.05) is 44.3 Å². The number of aliphatic hydroxyl groups excluding tert-OH is 2. The number of ether oxygens (including phenoxy) is 2. The van der Waals surface area contributed by atoms with Gasteiger partial charge in [0.05, 0.1) is 37.3 Å². The normalized spacial score (nSPS) is 30.0. The number of carbonyl (C=O) groups excluding carboxylic acids is 1. The number of fused-ring (bicyclic) bond motifs is 1. The molecule has 0 bridgehead atoms. The van der Waals surface area contributed by atoms with Crippen LogP contribution in [0.1, 0.15) is 6.42 Å². The van der Waals surface area contributed by atoms with Gasteiger partial charge in [-0.25, -0.2) is 0 Å². The molecule has 1 aromatic carbocycles. The molecule has 5 atom stereocenters. The predicted octanol–water partition coefficient (Wildman–Crippen LogP) is 0.207. The molecule has 0 spiro atoms. The zero-order valence-corrected chi connectivity index (χ0v) is 19.0. The zero-order valence-electron chi connectivity index (χ0n) is 18.2. The van der Waals surface area contributed by atoms with E-state index in [0.717, 1.165) is 25.2 Å². The van der Waals surface area contributed by atoms with Gasteiger partial charge in [-0.3, -0.25) is 9.69 Å². The molecule has 4 rings (SSSR count). The molecule has 2 aliphatic heterocycles. The van der Waals surface area contributed by atoms with Gasteiger partial charge < -0.3 is 35.2 Å². The monoisotopic (exact) mass is 504 g/mol. The number of morpholine rings is 1. The van der Waals surface area contributed by atoms with Crippen LogP contribution in [0.4, 0.5) is 18.9 Å². The minimum absolute atomic E-state index is 0.0157. The van der Waals surface area contributed by atoms with Crippen LogP contribution in [-0.4, -0.2) is 96.2 Å². The van der Waals surface area contributed by atoms with Crippen molar-refractivity contribution in [3.8, 4) is 5.75 Å². The van der Waals surface area contributed by atoms with Gasteiger partial charge in [0.25, 0.3) is 0 Å². The lowest BCUT2D eigenvalue weighted by Gasteiger charge is -2.41. The van der Waals surface area contributed by atoms with E-state index in [0.29, 0.717) is 32.0 Å². The summed E-state index contributed by atoms with van der Waals surface area (Å²) >= 11 is 5.42. The first-order chi connectivity index (χ1) is 16.1. The van der Waals surface area contributed by atoms with Crippen molar-refractivity contribution in [1.29, 1.82) is 0 Å². The fourth-order valence-corrected chi connectivity index (χ4v) is 5.11. The Morgan fingerprint density at radius 3 is 2.56 bits per heavy atom. The Hall–Kier alpha value is -2.19. The Kier molecular flexibility index (Phi) is 7.48. The van der Waals surface area contributed by atoms with Gasteiger partial charge in [-0.05, 0) is 42.9 Å². The SMILES string of the molecule is O=C(NCCN1CCOCC1)C1CC(O)C(O)C2NC(=S)N(c3ccc(OC(F)(F)F)cc3)C12. The topological polar surface area (TPSA) is 107 Å². The highest BCUT2D eigenvalue weighted by Crippen LogP contribution is 2.37. The van der Waals surface area contributed by atoms with Crippen LogP contribution in [0.2, 0.25) is 0 Å². The Morgan fingerprint density at radius 2 is 1.91 bits per heavy atom. The summed E-state index contributed by atoms with van der Waals surface area (Å²) in [6, 6.07) is 3.76. The van der Waals surface area contributed by atoms with Crippen LogP contribution >= 0.6 is 12.2 Å². The number of carbonyl (C=O) groups is 1. The summed E-state index contributed by atoms with van der Waals surface area (Å²) in [5, 5.41) is 27.0. The van der Waals surface area contributed by atoms with Crippen LogP contribution in [0.25, 0.3) is 0 Å². The maximum Gasteiger partial charge on any atom is 0.573 e. The second-order valence-electron chi connectivity index (χ2n) is 8.52. The van der Waals surface area contributed by atoms with E-state index >= 15 is 0 Å². The van der Waals surface area contributed by atoms with E-state index in [9.17, 15) is 28.2 Å². The molecule has 34 heavy (non-hydrogen) atoms. The Bertz CT molecular complexity index is 884. The molecule has 3 aliphatic rings. The van der Waals surface area contributed by atoms with E-state index in [2.05, 4.69) is 20.3 Å². The van der Waals surface area contributed by atoms with Crippen LogP contribution in [0.15, 0.2) is 24.3 Å². The number of nitrogens with zero attached hydrogens (tertiary/aromatic N) is 2. The second kappa shape index (κ2) is 10.2. The Labute approximate surface area is 199 Å². The molecule has 2 saturated heterocycles. The van der Waals surface area contributed by atoms with Gasteiger partial charge >= 0.3 is 6.36 Å². The molecule has 0 radical (unpaired) electrons. The third kappa shape index (κ3) is 5.54. The Balaban J connectivity index is 1.49. The van der Waals surface area contributed by atoms with Gasteiger partial charge in [0.2, 0.25) is 5.91 Å². The highest BCUT2D eigenvalue weighted by Gasteiger charge is 2.54. The Morgan fingerprint density at radius 1 is 1.24 bits per heavy atom. The zero-order chi connectivity index (χ0) is 24.5. The lowest BCUT2D eigenvalue weighted by Crippen LogP contribution is -2.61. The van der Waals surface area contributed by atoms with Crippen LogP contribution in [0.3, 0.4) is 0 Å². The average Bonchev–Trinajstić information content (AvgIpc) is 3.13. The molecule has 0 aromatic heterocycles. The number of rotatable bonds is 6. The molecule has 188 valence electrons. The molecular weight excluding hydrogens is 477 g/mol. The van der Waals surface area contributed by atoms with Crippen LogP contribution < -0.4 is 20.3 Å². The van der Waals surface area contributed by atoms with Gasteiger partial charge in [0.1, 0.15) is 11.9 Å². The van der Waals surface area contributed by atoms with E-state index in [4.69, 9.17) is 17.0 Å². The van der Waals surface area contributed by atoms with Crippen molar-refractivity contribution in [2.24, 2.45) is 5.92 Å². The van der Waals surface area contributed by atoms with E-state index in [-0.39, 0.29) is 23.2 Å². The summed E-state index contributed by atoms with van der Waals surface area (Å²) < 4.78 is 46.7. The highest BCUT2D eigenvalue weighted by molar-refractivity contribution is 7.80. The van der Waals surface area contributed by atoms with Gasteiger partial charge in [-0.15, -0.1) is 13.2 Å². The molecule has 13 heteroatoms. The van der Waals surface area contributed by atoms with Crippen molar-refractivity contribution in [1.82, 2.24) is 15.5 Å². The van der Waals surface area contributed by atoms with Crippen molar-refractivity contribution in [3.63, 3.8) is 0 Å². The lowest BCUT2D eigenvalue weighted by molar-refractivity contribution is -0.274. The number of nitrogens with one attached hydrogen (secondary N) is 2. The van der Waals surface area contributed by atoms with Gasteiger partial charge in [-0.1, -0.05) is 0 Å². The number of aliphatic hydroxyl groups is 2. The van der Waals surface area contributed by atoms with E-state index in [1.54, 1.807) is 4.90 Å². The minimum Gasteiger partial charge on any atom is -0.406 e. The van der Waals surface area contributed by atoms with Crippen LogP contribution in [0.5, 0.6) is 5.75 Å². The first kappa shape index (κ1) is 24.9. The third-order valence-corrected chi connectivity index (χ3v) is 6.68. The molecular formula is C21H27F3N4O5S. The number of thiocarbonyl (C=S) groups is 1. The maximum absolute atomic E-state index is 13.1. The molecule has 4 N–H and O–H groups in total. The fraction of sp³-hybridized carbons (Fsp3) is 0.619. The molecule has 1 saturated carbocycles. The molecule has 1 aromatic rings. The number of alkyl halides is 3. The summed E-state index contributed by atoms with van der Waals surface area (Å²) in [5.74, 6) is -1.39. The molecule has 2 heterocycles. The summed E-state index contributed by atoms with van der Waals surface area (Å²) in [7, 11) is 0. The number of benzene rings is 1. The molecule has 1 amide bonds. The number of halogens is 3. The van der Waals surface area contributed by atoms with Gasteiger partial charge in [0, 0.05) is 31.9 Å². The summed E-state index contributed by atoms with van der Waals surface area (Å²) in [6.07, 6.45) is -7.10. The lowest BCUT2D eigenvalue weighted by atomic mass is 9.77. The number of hydrogen-bond acceptors (Lipinski definition) is 7. The van der Waals surface area contributed by atoms with Crippen molar-refractivity contribution < 1.29 is 37.7 Å². The van der Waals surface area contributed by atoms with Crippen LogP contribution in [0, 0.1) is 5.92 Å². The molecule has 5 unspecified atom stereocenters. The second-order valence-corrected chi connectivity index (χ2v) is 8.91. The largest absolute Gasteiger partial charge is 0.573 e.